The van der Waals surface area contributed by atoms with Crippen molar-refractivity contribution < 1.29 is 13.2 Å². The largest absolute Gasteiger partial charge is 0.385 e. The van der Waals surface area contributed by atoms with Crippen LogP contribution < -0.4 is 10.6 Å². The molecule has 0 spiro atoms. The molecular formula is C13H20N2O3S. The van der Waals surface area contributed by atoms with Crippen LogP contribution in [-0.4, -0.2) is 38.9 Å². The Morgan fingerprint density at radius 3 is 2.32 bits per heavy atom. The standard InChI is InChI=1S/C13H20N2O3S/c1-3-14-12-7-5-11(6-8-12)13(16)15-9-10-19(17,18)4-2/h5-8,14H,3-4,9-10H2,1-2H3,(H,15,16). The number of nitrogens with one attached hydrogen (secondary N) is 2. The number of sulfone groups is 1. The zero-order valence-corrected chi connectivity index (χ0v) is 12.1. The number of hydrogen-bond acceptors (Lipinski definition) is 4. The van der Waals surface area contributed by atoms with E-state index in [1.807, 2.05) is 19.1 Å². The zero-order valence-electron chi connectivity index (χ0n) is 11.3. The van der Waals surface area contributed by atoms with Crippen molar-refractivity contribution in [1.82, 2.24) is 5.32 Å². The number of anilines is 1. The molecule has 106 valence electrons. The van der Waals surface area contributed by atoms with Crippen molar-refractivity contribution in [2.45, 2.75) is 13.8 Å². The Labute approximate surface area is 114 Å². The molecule has 1 aromatic carbocycles. The average Bonchev–Trinajstić information content (AvgIpc) is 2.39. The third kappa shape index (κ3) is 5.30. The van der Waals surface area contributed by atoms with Crippen LogP contribution in [0.15, 0.2) is 24.3 Å². The Hall–Kier alpha value is -1.56. The fourth-order valence-electron chi connectivity index (χ4n) is 1.51. The van der Waals surface area contributed by atoms with Gasteiger partial charge in [-0.1, -0.05) is 6.92 Å². The minimum Gasteiger partial charge on any atom is -0.385 e. The van der Waals surface area contributed by atoms with E-state index < -0.39 is 9.84 Å². The molecule has 0 aliphatic carbocycles. The molecule has 0 aromatic heterocycles. The minimum atomic E-state index is -3.04. The number of benzene rings is 1. The molecule has 19 heavy (non-hydrogen) atoms. The van der Waals surface area contributed by atoms with Crippen LogP contribution in [0.3, 0.4) is 0 Å². The van der Waals surface area contributed by atoms with Crippen LogP contribution in [0.2, 0.25) is 0 Å². The van der Waals surface area contributed by atoms with Crippen LogP contribution in [0.1, 0.15) is 24.2 Å². The number of rotatable bonds is 7. The number of hydrogen-bond donors (Lipinski definition) is 2. The van der Waals surface area contributed by atoms with Crippen molar-refractivity contribution in [1.29, 1.82) is 0 Å². The van der Waals surface area contributed by atoms with Gasteiger partial charge in [0.25, 0.3) is 5.91 Å². The van der Waals surface area contributed by atoms with E-state index in [2.05, 4.69) is 10.6 Å². The summed E-state index contributed by atoms with van der Waals surface area (Å²) >= 11 is 0. The highest BCUT2D eigenvalue weighted by atomic mass is 32.2. The van der Waals surface area contributed by atoms with Crippen LogP contribution in [0, 0.1) is 0 Å². The van der Waals surface area contributed by atoms with Gasteiger partial charge >= 0.3 is 0 Å². The van der Waals surface area contributed by atoms with Crippen LogP contribution in [0.25, 0.3) is 0 Å². The van der Waals surface area contributed by atoms with E-state index in [-0.39, 0.29) is 24.0 Å². The summed E-state index contributed by atoms with van der Waals surface area (Å²) in [6.07, 6.45) is 0. The summed E-state index contributed by atoms with van der Waals surface area (Å²) < 4.78 is 22.5. The van der Waals surface area contributed by atoms with Gasteiger partial charge in [0.15, 0.2) is 9.84 Å². The minimum absolute atomic E-state index is 0.0231. The average molecular weight is 284 g/mol. The van der Waals surface area contributed by atoms with Gasteiger partial charge in [0.2, 0.25) is 0 Å². The fourth-order valence-corrected chi connectivity index (χ4v) is 2.21. The summed E-state index contributed by atoms with van der Waals surface area (Å²) in [5.41, 5.74) is 1.48. The predicted molar refractivity (Wildman–Crippen MR) is 77.3 cm³/mol. The molecule has 0 saturated heterocycles. The van der Waals surface area contributed by atoms with E-state index in [1.165, 1.54) is 0 Å². The highest BCUT2D eigenvalue weighted by Gasteiger charge is 2.09. The lowest BCUT2D eigenvalue weighted by atomic mass is 10.2. The van der Waals surface area contributed by atoms with Gasteiger partial charge in [0, 0.05) is 30.1 Å². The van der Waals surface area contributed by atoms with E-state index in [4.69, 9.17) is 0 Å². The van der Waals surface area contributed by atoms with E-state index in [0.29, 0.717) is 5.56 Å². The van der Waals surface area contributed by atoms with Gasteiger partial charge in [-0.2, -0.15) is 0 Å². The second-order valence-electron chi connectivity index (χ2n) is 4.10. The Balaban J connectivity index is 2.50. The molecule has 1 rings (SSSR count). The summed E-state index contributed by atoms with van der Waals surface area (Å²) in [5.74, 6) is -0.181. The van der Waals surface area contributed by atoms with Gasteiger partial charge in [0.1, 0.15) is 0 Å². The Morgan fingerprint density at radius 2 is 1.79 bits per heavy atom. The molecule has 0 heterocycles. The molecule has 0 aliphatic rings. The van der Waals surface area contributed by atoms with Crippen LogP contribution in [0.5, 0.6) is 0 Å². The first-order valence-corrected chi connectivity index (χ1v) is 8.13. The smallest absolute Gasteiger partial charge is 0.251 e. The molecule has 1 amide bonds. The molecule has 2 N–H and O–H groups in total. The normalized spacial score (nSPS) is 11.1. The third-order valence-electron chi connectivity index (χ3n) is 2.67. The third-order valence-corrected chi connectivity index (χ3v) is 4.37. The Kier molecular flexibility index (Phi) is 5.82. The molecule has 6 heteroatoms. The lowest BCUT2D eigenvalue weighted by Crippen LogP contribution is -2.29. The second-order valence-corrected chi connectivity index (χ2v) is 6.57. The first-order chi connectivity index (χ1) is 8.98. The van der Waals surface area contributed by atoms with Gasteiger partial charge in [-0.15, -0.1) is 0 Å². The van der Waals surface area contributed by atoms with Gasteiger partial charge in [-0.05, 0) is 31.2 Å². The quantitative estimate of drug-likeness (QED) is 0.791. The molecule has 5 nitrogen and oxygen atoms in total. The van der Waals surface area contributed by atoms with Crippen molar-refractivity contribution in [3.63, 3.8) is 0 Å². The van der Waals surface area contributed by atoms with Crippen LogP contribution in [-0.2, 0) is 9.84 Å². The maximum atomic E-state index is 11.8. The predicted octanol–water partition coefficient (Wildman–Crippen LogP) is 1.28. The molecule has 0 unspecified atom stereocenters. The molecule has 1 aromatic rings. The summed E-state index contributed by atoms with van der Waals surface area (Å²) in [6, 6.07) is 7.06. The van der Waals surface area contributed by atoms with Crippen LogP contribution >= 0.6 is 0 Å². The highest BCUT2D eigenvalue weighted by molar-refractivity contribution is 7.91. The molecule has 0 atom stereocenters. The summed E-state index contributed by atoms with van der Waals surface area (Å²) in [4.78, 5) is 11.8. The second kappa shape index (κ2) is 7.13. The van der Waals surface area contributed by atoms with Crippen molar-refractivity contribution in [3.8, 4) is 0 Å². The van der Waals surface area contributed by atoms with E-state index in [9.17, 15) is 13.2 Å². The maximum absolute atomic E-state index is 11.8. The summed E-state index contributed by atoms with van der Waals surface area (Å²) in [6.45, 7) is 4.55. The van der Waals surface area contributed by atoms with Gasteiger partial charge in [-0.3, -0.25) is 4.79 Å². The Morgan fingerprint density at radius 1 is 1.16 bits per heavy atom. The van der Waals surface area contributed by atoms with Gasteiger partial charge < -0.3 is 10.6 Å². The fraction of sp³-hybridized carbons (Fsp3) is 0.462. The lowest BCUT2D eigenvalue weighted by molar-refractivity contribution is 0.0956. The van der Waals surface area contributed by atoms with E-state index in [0.717, 1.165) is 12.2 Å². The van der Waals surface area contributed by atoms with E-state index >= 15 is 0 Å². The Bertz CT molecular complexity index is 509. The monoisotopic (exact) mass is 284 g/mol. The highest BCUT2D eigenvalue weighted by Crippen LogP contribution is 2.08. The lowest BCUT2D eigenvalue weighted by Gasteiger charge is -2.07. The molecular weight excluding hydrogens is 264 g/mol. The number of carbonyl (C=O) groups excluding carboxylic acids is 1. The first-order valence-electron chi connectivity index (χ1n) is 6.31. The molecule has 0 bridgehead atoms. The maximum Gasteiger partial charge on any atom is 0.251 e. The SMILES string of the molecule is CCNc1ccc(C(=O)NCCS(=O)(=O)CC)cc1. The van der Waals surface area contributed by atoms with Crippen molar-refractivity contribution in [3.05, 3.63) is 29.8 Å². The van der Waals surface area contributed by atoms with Crippen molar-refractivity contribution >= 4 is 21.4 Å². The number of carbonyl (C=O) groups is 1. The molecule has 0 fully saturated rings. The van der Waals surface area contributed by atoms with Gasteiger partial charge in [-0.25, -0.2) is 8.42 Å². The van der Waals surface area contributed by atoms with Crippen molar-refractivity contribution in [2.24, 2.45) is 0 Å². The number of amides is 1. The van der Waals surface area contributed by atoms with E-state index in [1.54, 1.807) is 19.1 Å². The molecule has 0 saturated carbocycles. The summed E-state index contributed by atoms with van der Waals surface area (Å²) in [5, 5.41) is 5.74. The van der Waals surface area contributed by atoms with Crippen LogP contribution in [0.4, 0.5) is 5.69 Å². The summed E-state index contributed by atoms with van der Waals surface area (Å²) in [7, 11) is -3.04. The first kappa shape index (κ1) is 15.5. The zero-order chi connectivity index (χ0) is 14.3. The molecule has 0 aliphatic heterocycles. The van der Waals surface area contributed by atoms with Crippen molar-refractivity contribution in [2.75, 3.05) is 29.9 Å². The van der Waals surface area contributed by atoms with Gasteiger partial charge in [0.05, 0.1) is 5.75 Å². The molecule has 0 radical (unpaired) electrons. The topological polar surface area (TPSA) is 75.3 Å².